The fourth-order valence-corrected chi connectivity index (χ4v) is 4.77. The number of aliphatic hydroxyl groups is 2. The molecule has 0 aromatic carbocycles. The van der Waals surface area contributed by atoms with E-state index in [9.17, 15) is 15.0 Å². The molecule has 0 aliphatic rings. The summed E-state index contributed by atoms with van der Waals surface area (Å²) in [4.78, 5) is 12.2. The van der Waals surface area contributed by atoms with Crippen molar-refractivity contribution in [3.05, 3.63) is 12.2 Å². The lowest BCUT2D eigenvalue weighted by Gasteiger charge is -2.22. The maximum atomic E-state index is 12.2. The first kappa shape index (κ1) is 35.1. The Morgan fingerprint density at radius 3 is 1.64 bits per heavy atom. The van der Waals surface area contributed by atoms with Gasteiger partial charge >= 0.3 is 0 Å². The minimum atomic E-state index is -0.656. The molecule has 0 aliphatic carbocycles. The largest absolute Gasteiger partial charge is 0.394 e. The Kier molecular flexibility index (Phi) is 28.0. The van der Waals surface area contributed by atoms with Gasteiger partial charge in [0.05, 0.1) is 18.8 Å². The van der Waals surface area contributed by atoms with Crippen molar-refractivity contribution in [3.63, 3.8) is 0 Å². The van der Waals surface area contributed by atoms with Crippen LogP contribution in [0.2, 0.25) is 0 Å². The topological polar surface area (TPSA) is 69.6 Å². The van der Waals surface area contributed by atoms with E-state index in [2.05, 4.69) is 31.3 Å². The molecular weight excluding hydrogens is 446 g/mol. The zero-order valence-electron chi connectivity index (χ0n) is 24.3. The highest BCUT2D eigenvalue weighted by Crippen LogP contribution is 2.15. The quantitative estimate of drug-likeness (QED) is 0.0729. The molecule has 0 fully saturated rings. The number of nitrogens with one attached hydrogen (secondary N) is 1. The number of carbonyl (C=O) groups is 1. The molecule has 0 saturated heterocycles. The monoisotopic (exact) mass is 509 g/mol. The molecule has 4 heteroatoms. The van der Waals surface area contributed by atoms with Gasteiger partial charge in [-0.3, -0.25) is 4.79 Å². The summed E-state index contributed by atoms with van der Waals surface area (Å²) in [6.45, 7) is 4.27. The minimum Gasteiger partial charge on any atom is -0.394 e. The molecule has 2 atom stereocenters. The van der Waals surface area contributed by atoms with Gasteiger partial charge < -0.3 is 15.5 Å². The van der Waals surface area contributed by atoms with Crippen molar-refractivity contribution in [1.82, 2.24) is 5.32 Å². The van der Waals surface area contributed by atoms with E-state index in [-0.39, 0.29) is 12.5 Å². The van der Waals surface area contributed by atoms with Gasteiger partial charge in [0.15, 0.2) is 0 Å². The zero-order valence-corrected chi connectivity index (χ0v) is 24.3. The first-order valence-corrected chi connectivity index (χ1v) is 15.9. The van der Waals surface area contributed by atoms with Crippen molar-refractivity contribution in [3.8, 4) is 0 Å². The van der Waals surface area contributed by atoms with E-state index in [1.54, 1.807) is 0 Å². The van der Waals surface area contributed by atoms with Crippen molar-refractivity contribution >= 4 is 5.91 Å². The lowest BCUT2D eigenvalue weighted by molar-refractivity contribution is -0.123. The Balaban J connectivity index is 3.59. The molecule has 0 aromatic heterocycles. The molecule has 4 nitrogen and oxygen atoms in total. The van der Waals surface area contributed by atoms with E-state index in [1.807, 2.05) is 0 Å². The molecule has 214 valence electrons. The van der Waals surface area contributed by atoms with Gasteiger partial charge in [-0.25, -0.2) is 0 Å². The Morgan fingerprint density at radius 2 is 1.11 bits per heavy atom. The SMILES string of the molecule is CCC/C=C\CCCCCCCC(=O)NC(CO)C(O)CCCCCCCCCCCCCCCC. The average molecular weight is 510 g/mol. The van der Waals surface area contributed by atoms with E-state index in [0.717, 1.165) is 32.1 Å². The number of hydrogen-bond acceptors (Lipinski definition) is 3. The predicted molar refractivity (Wildman–Crippen MR) is 156 cm³/mol. The van der Waals surface area contributed by atoms with Crippen LogP contribution < -0.4 is 5.32 Å². The van der Waals surface area contributed by atoms with Gasteiger partial charge in [-0.1, -0.05) is 142 Å². The van der Waals surface area contributed by atoms with Crippen LogP contribution in [-0.4, -0.2) is 34.9 Å². The van der Waals surface area contributed by atoms with Crippen LogP contribution in [0.4, 0.5) is 0 Å². The van der Waals surface area contributed by atoms with E-state index >= 15 is 0 Å². The van der Waals surface area contributed by atoms with Gasteiger partial charge in [-0.15, -0.1) is 0 Å². The Bertz CT molecular complexity index is 480. The number of rotatable bonds is 28. The Morgan fingerprint density at radius 1 is 0.639 bits per heavy atom. The second kappa shape index (κ2) is 28.7. The lowest BCUT2D eigenvalue weighted by atomic mass is 10.0. The molecule has 1 amide bonds. The van der Waals surface area contributed by atoms with Crippen LogP contribution in [0, 0.1) is 0 Å². The lowest BCUT2D eigenvalue weighted by Crippen LogP contribution is -2.45. The van der Waals surface area contributed by atoms with Gasteiger partial charge in [0.2, 0.25) is 5.91 Å². The van der Waals surface area contributed by atoms with E-state index in [1.165, 1.54) is 109 Å². The number of hydrogen-bond donors (Lipinski definition) is 3. The molecule has 36 heavy (non-hydrogen) atoms. The third-order valence-electron chi connectivity index (χ3n) is 7.26. The number of allylic oxidation sites excluding steroid dienone is 2. The first-order chi connectivity index (χ1) is 17.7. The second-order valence-corrected chi connectivity index (χ2v) is 10.9. The van der Waals surface area contributed by atoms with Gasteiger partial charge in [-0.05, 0) is 32.1 Å². The molecule has 0 aliphatic heterocycles. The molecular formula is C32H63NO3. The number of unbranched alkanes of at least 4 members (excludes halogenated alkanes) is 19. The van der Waals surface area contributed by atoms with E-state index in [4.69, 9.17) is 0 Å². The normalized spacial score (nSPS) is 13.3. The summed E-state index contributed by atoms with van der Waals surface area (Å²) in [6, 6.07) is -0.533. The molecule has 0 saturated carbocycles. The van der Waals surface area contributed by atoms with Gasteiger partial charge in [0.1, 0.15) is 0 Å². The van der Waals surface area contributed by atoms with Crippen LogP contribution in [0.1, 0.15) is 168 Å². The summed E-state index contributed by atoms with van der Waals surface area (Å²) in [5.41, 5.74) is 0. The van der Waals surface area contributed by atoms with Crippen LogP contribution in [0.5, 0.6) is 0 Å². The third kappa shape index (κ3) is 24.8. The summed E-state index contributed by atoms with van der Waals surface area (Å²) >= 11 is 0. The second-order valence-electron chi connectivity index (χ2n) is 10.9. The highest BCUT2D eigenvalue weighted by atomic mass is 16.3. The number of aliphatic hydroxyl groups excluding tert-OH is 2. The molecule has 0 heterocycles. The van der Waals surface area contributed by atoms with Gasteiger partial charge in [-0.2, -0.15) is 0 Å². The molecule has 2 unspecified atom stereocenters. The standard InChI is InChI=1S/C32H63NO3/c1-3-5-7-9-11-13-15-16-17-18-19-21-23-25-27-31(35)30(29-34)33-32(36)28-26-24-22-20-14-12-10-8-6-4-2/h8,10,30-31,34-35H,3-7,9,11-29H2,1-2H3,(H,33,36)/b10-8-. The number of carbonyl (C=O) groups excluding carboxylic acids is 1. The van der Waals surface area contributed by atoms with Crippen LogP contribution in [-0.2, 0) is 4.79 Å². The Hall–Kier alpha value is -0.870. The molecule has 0 aromatic rings. The van der Waals surface area contributed by atoms with Crippen molar-refractivity contribution in [2.45, 2.75) is 180 Å². The summed E-state index contributed by atoms with van der Waals surface area (Å²) in [5, 5.41) is 22.9. The van der Waals surface area contributed by atoms with Crippen molar-refractivity contribution in [2.24, 2.45) is 0 Å². The van der Waals surface area contributed by atoms with Crippen LogP contribution in [0.3, 0.4) is 0 Å². The summed E-state index contributed by atoms with van der Waals surface area (Å²) in [5.74, 6) is -0.0449. The molecule has 0 spiro atoms. The molecule has 0 bridgehead atoms. The zero-order chi connectivity index (χ0) is 26.5. The van der Waals surface area contributed by atoms with Gasteiger partial charge in [0, 0.05) is 6.42 Å². The van der Waals surface area contributed by atoms with E-state index in [0.29, 0.717) is 12.8 Å². The van der Waals surface area contributed by atoms with Crippen LogP contribution >= 0.6 is 0 Å². The maximum Gasteiger partial charge on any atom is 0.220 e. The summed E-state index contributed by atoms with van der Waals surface area (Å²) < 4.78 is 0. The molecule has 3 N–H and O–H groups in total. The fraction of sp³-hybridized carbons (Fsp3) is 0.906. The predicted octanol–water partition coefficient (Wildman–Crippen LogP) is 8.78. The Labute approximate surface area is 225 Å². The smallest absolute Gasteiger partial charge is 0.220 e. The molecule has 0 rings (SSSR count). The maximum absolute atomic E-state index is 12.2. The van der Waals surface area contributed by atoms with Crippen LogP contribution in [0.25, 0.3) is 0 Å². The minimum absolute atomic E-state index is 0.0449. The summed E-state index contributed by atoms with van der Waals surface area (Å²) in [6.07, 6.45) is 32.5. The fourth-order valence-electron chi connectivity index (χ4n) is 4.77. The highest BCUT2D eigenvalue weighted by Gasteiger charge is 2.19. The van der Waals surface area contributed by atoms with Crippen LogP contribution in [0.15, 0.2) is 12.2 Å². The van der Waals surface area contributed by atoms with Crippen molar-refractivity contribution < 1.29 is 15.0 Å². The average Bonchev–Trinajstić information content (AvgIpc) is 2.88. The van der Waals surface area contributed by atoms with Crippen molar-refractivity contribution in [1.29, 1.82) is 0 Å². The van der Waals surface area contributed by atoms with E-state index < -0.39 is 12.1 Å². The summed E-state index contributed by atoms with van der Waals surface area (Å²) in [7, 11) is 0. The highest BCUT2D eigenvalue weighted by molar-refractivity contribution is 5.76. The third-order valence-corrected chi connectivity index (χ3v) is 7.26. The molecule has 0 radical (unpaired) electrons. The van der Waals surface area contributed by atoms with Gasteiger partial charge in [0.25, 0.3) is 0 Å². The first-order valence-electron chi connectivity index (χ1n) is 15.9. The number of amides is 1. The van der Waals surface area contributed by atoms with Crippen molar-refractivity contribution in [2.75, 3.05) is 6.61 Å².